The summed E-state index contributed by atoms with van der Waals surface area (Å²) in [4.78, 5) is 24.6. The smallest absolute Gasteiger partial charge is 0.255 e. The minimum Gasteiger partial charge on any atom is -0.367 e. The van der Waals surface area contributed by atoms with E-state index in [0.29, 0.717) is 17.6 Å². The van der Waals surface area contributed by atoms with E-state index < -0.39 is 0 Å². The number of pyridine rings is 2. The zero-order chi connectivity index (χ0) is 19.3. The molecule has 3 aromatic heterocycles. The van der Waals surface area contributed by atoms with Crippen LogP contribution in [0.4, 0.5) is 11.6 Å². The zero-order valence-corrected chi connectivity index (χ0v) is 15.1. The van der Waals surface area contributed by atoms with Crippen LogP contribution in [0.1, 0.15) is 25.0 Å². The summed E-state index contributed by atoms with van der Waals surface area (Å²) in [6.07, 6.45) is 9.41. The van der Waals surface area contributed by atoms with Crippen LogP contribution >= 0.6 is 0 Å². The lowest BCUT2D eigenvalue weighted by Gasteiger charge is -2.15. The van der Waals surface area contributed by atoms with Gasteiger partial charge in [0.15, 0.2) is 5.69 Å². The molecule has 28 heavy (non-hydrogen) atoms. The van der Waals surface area contributed by atoms with Crippen molar-refractivity contribution in [3.8, 4) is 11.8 Å². The molecule has 0 bridgehead atoms. The molecule has 0 aliphatic heterocycles. The van der Waals surface area contributed by atoms with Gasteiger partial charge in [-0.25, -0.2) is 9.97 Å². The summed E-state index contributed by atoms with van der Waals surface area (Å²) in [7, 11) is 0. The van der Waals surface area contributed by atoms with Crippen LogP contribution in [0.15, 0.2) is 59.9 Å². The van der Waals surface area contributed by atoms with Crippen molar-refractivity contribution in [1.29, 1.82) is 5.26 Å². The number of hydrogen-bond donors (Lipinski definition) is 2. The van der Waals surface area contributed by atoms with Crippen molar-refractivity contribution in [3.05, 3.63) is 71.2 Å². The molecule has 1 aliphatic rings. The number of anilines is 2. The molecule has 1 fully saturated rings. The van der Waals surface area contributed by atoms with Gasteiger partial charge in [0.2, 0.25) is 0 Å². The Morgan fingerprint density at radius 2 is 1.86 bits per heavy atom. The number of nitriles is 1. The van der Waals surface area contributed by atoms with Gasteiger partial charge >= 0.3 is 0 Å². The fraction of sp³-hybridized carbons (Fsp3) is 0.250. The van der Waals surface area contributed by atoms with Gasteiger partial charge in [0.05, 0.1) is 24.3 Å². The van der Waals surface area contributed by atoms with E-state index in [9.17, 15) is 4.79 Å². The van der Waals surface area contributed by atoms with Crippen LogP contribution < -0.4 is 16.2 Å². The standard InChI is InChI=1S/C20H19N7O/c21-10-16-11-22-13-19(26-16)25-15-5-4-14(9-15)24-18-7-6-17(12-23-18)27-8-2-1-3-20(27)28/h1-3,6-8,11-15H,4-5,9H2,(H,23,24)(H,25,26)/t14-,15-/m0/s1. The van der Waals surface area contributed by atoms with Crippen molar-refractivity contribution in [2.24, 2.45) is 0 Å². The molecule has 0 radical (unpaired) electrons. The number of nitrogens with zero attached hydrogens (tertiary/aromatic N) is 5. The third-order valence-electron chi connectivity index (χ3n) is 4.73. The van der Waals surface area contributed by atoms with E-state index in [4.69, 9.17) is 5.26 Å². The van der Waals surface area contributed by atoms with Gasteiger partial charge in [-0.3, -0.25) is 14.3 Å². The van der Waals surface area contributed by atoms with E-state index in [2.05, 4.69) is 25.6 Å². The molecular formula is C20H19N7O. The molecule has 0 spiro atoms. The van der Waals surface area contributed by atoms with E-state index in [-0.39, 0.29) is 11.6 Å². The molecule has 3 heterocycles. The molecule has 8 heteroatoms. The first kappa shape index (κ1) is 17.7. The van der Waals surface area contributed by atoms with Crippen molar-refractivity contribution in [1.82, 2.24) is 19.5 Å². The topological polar surface area (TPSA) is 109 Å². The molecule has 3 aromatic rings. The van der Waals surface area contributed by atoms with Crippen LogP contribution in [0.2, 0.25) is 0 Å². The third kappa shape index (κ3) is 3.99. The van der Waals surface area contributed by atoms with E-state index >= 15 is 0 Å². The maximum absolute atomic E-state index is 11.9. The second kappa shape index (κ2) is 7.88. The third-order valence-corrected chi connectivity index (χ3v) is 4.73. The van der Waals surface area contributed by atoms with Crippen LogP contribution in [0, 0.1) is 11.3 Å². The number of hydrogen-bond acceptors (Lipinski definition) is 7. The van der Waals surface area contributed by atoms with Gasteiger partial charge in [-0.15, -0.1) is 0 Å². The lowest BCUT2D eigenvalue weighted by Crippen LogP contribution is -2.22. The summed E-state index contributed by atoms with van der Waals surface area (Å²) < 4.78 is 1.56. The average molecular weight is 373 g/mol. The molecule has 0 aromatic carbocycles. The molecule has 140 valence electrons. The average Bonchev–Trinajstić information content (AvgIpc) is 3.16. The largest absolute Gasteiger partial charge is 0.367 e. The normalized spacial score (nSPS) is 18.4. The predicted molar refractivity (Wildman–Crippen MR) is 105 cm³/mol. The first-order valence-corrected chi connectivity index (χ1v) is 9.10. The Bertz CT molecular complexity index is 1050. The van der Waals surface area contributed by atoms with Gasteiger partial charge < -0.3 is 10.6 Å². The molecule has 4 rings (SSSR count). The molecule has 1 aliphatic carbocycles. The van der Waals surface area contributed by atoms with Crippen LogP contribution in [-0.4, -0.2) is 31.6 Å². The van der Waals surface area contributed by atoms with Crippen molar-refractivity contribution in [2.45, 2.75) is 31.3 Å². The minimum absolute atomic E-state index is 0.0849. The van der Waals surface area contributed by atoms with E-state index in [1.807, 2.05) is 24.3 Å². The highest BCUT2D eigenvalue weighted by Crippen LogP contribution is 2.25. The Morgan fingerprint density at radius 3 is 2.57 bits per heavy atom. The summed E-state index contributed by atoms with van der Waals surface area (Å²) in [6, 6.07) is 11.4. The number of aromatic nitrogens is 4. The number of rotatable bonds is 5. The monoisotopic (exact) mass is 373 g/mol. The molecule has 1 saturated carbocycles. The van der Waals surface area contributed by atoms with Crippen LogP contribution in [-0.2, 0) is 0 Å². The summed E-state index contributed by atoms with van der Waals surface area (Å²) in [5.74, 6) is 1.41. The molecule has 8 nitrogen and oxygen atoms in total. The second-order valence-corrected chi connectivity index (χ2v) is 6.71. The van der Waals surface area contributed by atoms with Crippen molar-refractivity contribution in [2.75, 3.05) is 10.6 Å². The van der Waals surface area contributed by atoms with Gasteiger partial charge in [0.1, 0.15) is 17.7 Å². The van der Waals surface area contributed by atoms with Crippen LogP contribution in [0.5, 0.6) is 0 Å². The lowest BCUT2D eigenvalue weighted by atomic mass is 10.2. The zero-order valence-electron chi connectivity index (χ0n) is 15.1. The Kier molecular flexibility index (Phi) is 4.97. The lowest BCUT2D eigenvalue weighted by molar-refractivity contribution is 0.719. The number of nitrogens with one attached hydrogen (secondary N) is 2. The summed E-state index contributed by atoms with van der Waals surface area (Å²) >= 11 is 0. The first-order valence-electron chi connectivity index (χ1n) is 9.10. The Morgan fingerprint density at radius 1 is 1.04 bits per heavy atom. The first-order chi connectivity index (χ1) is 13.7. The summed E-state index contributed by atoms with van der Waals surface area (Å²) in [5.41, 5.74) is 0.954. The predicted octanol–water partition coefficient (Wildman–Crippen LogP) is 2.34. The molecule has 0 unspecified atom stereocenters. The van der Waals surface area contributed by atoms with Gasteiger partial charge in [0.25, 0.3) is 5.56 Å². The van der Waals surface area contributed by atoms with Crippen LogP contribution in [0.3, 0.4) is 0 Å². The van der Waals surface area contributed by atoms with Crippen molar-refractivity contribution < 1.29 is 0 Å². The highest BCUT2D eigenvalue weighted by atomic mass is 16.1. The van der Waals surface area contributed by atoms with E-state index in [1.165, 1.54) is 12.3 Å². The van der Waals surface area contributed by atoms with Gasteiger partial charge in [-0.2, -0.15) is 5.26 Å². The SMILES string of the molecule is N#Cc1cncc(N[C@H]2CC[C@H](Nc3ccc(-n4ccccc4=O)cn3)C2)n1. The highest BCUT2D eigenvalue weighted by Gasteiger charge is 2.25. The Balaban J connectivity index is 1.36. The molecule has 0 saturated heterocycles. The molecular weight excluding hydrogens is 354 g/mol. The second-order valence-electron chi connectivity index (χ2n) is 6.71. The quantitative estimate of drug-likeness (QED) is 0.706. The molecule has 2 atom stereocenters. The molecule has 0 amide bonds. The van der Waals surface area contributed by atoms with E-state index in [1.54, 1.807) is 29.2 Å². The van der Waals surface area contributed by atoms with Gasteiger partial charge in [-0.1, -0.05) is 6.07 Å². The van der Waals surface area contributed by atoms with E-state index in [0.717, 1.165) is 30.8 Å². The summed E-state index contributed by atoms with van der Waals surface area (Å²) in [5, 5.41) is 15.7. The Labute approximate surface area is 161 Å². The highest BCUT2D eigenvalue weighted by molar-refractivity contribution is 5.42. The summed E-state index contributed by atoms with van der Waals surface area (Å²) in [6.45, 7) is 0. The fourth-order valence-corrected chi connectivity index (χ4v) is 3.41. The minimum atomic E-state index is -0.0849. The fourth-order valence-electron chi connectivity index (χ4n) is 3.41. The van der Waals surface area contributed by atoms with Crippen LogP contribution in [0.25, 0.3) is 5.69 Å². The Hall–Kier alpha value is -3.73. The van der Waals surface area contributed by atoms with Gasteiger partial charge in [0, 0.05) is 24.3 Å². The molecule has 2 N–H and O–H groups in total. The maximum Gasteiger partial charge on any atom is 0.255 e. The van der Waals surface area contributed by atoms with Crippen molar-refractivity contribution >= 4 is 11.6 Å². The maximum atomic E-state index is 11.9. The van der Waals surface area contributed by atoms with Gasteiger partial charge in [-0.05, 0) is 37.5 Å². The van der Waals surface area contributed by atoms with Crippen molar-refractivity contribution in [3.63, 3.8) is 0 Å².